The maximum atomic E-state index is 5.96. The molecule has 4 rings (SSSR count). The van der Waals surface area contributed by atoms with Crippen LogP contribution in [0.5, 0.6) is 0 Å². The monoisotopic (exact) mass is 316 g/mol. The van der Waals surface area contributed by atoms with Crippen molar-refractivity contribution in [2.24, 2.45) is 5.92 Å². The van der Waals surface area contributed by atoms with Crippen LogP contribution in [-0.4, -0.2) is 40.5 Å². The van der Waals surface area contributed by atoms with Crippen molar-refractivity contribution in [3.8, 4) is 0 Å². The summed E-state index contributed by atoms with van der Waals surface area (Å²) in [4.78, 5) is 10.7. The predicted molar refractivity (Wildman–Crippen MR) is 71.3 cm³/mol. The highest BCUT2D eigenvalue weighted by Gasteiger charge is 2.34. The minimum absolute atomic E-state index is 0.462. The zero-order chi connectivity index (χ0) is 11.8. The Morgan fingerprint density at radius 3 is 2.76 bits per heavy atom. The number of nitrogens with zero attached hydrogens (tertiary/aromatic N) is 3. The summed E-state index contributed by atoms with van der Waals surface area (Å²) < 4.78 is 0.762. The quantitative estimate of drug-likeness (QED) is 0.851. The number of nitrogens with one attached hydrogen (secondary N) is 1. The number of anilines is 1. The summed E-state index contributed by atoms with van der Waals surface area (Å²) in [7, 11) is 0. The number of hydrogen-bond donors (Lipinski definition) is 1. The van der Waals surface area contributed by atoms with E-state index in [1.165, 1.54) is 32.3 Å². The van der Waals surface area contributed by atoms with Crippen molar-refractivity contribution in [2.75, 3.05) is 25.0 Å². The third kappa shape index (κ3) is 2.28. The smallest absolute Gasteiger partial charge is 0.148 e. The normalized spacial score (nSPS) is 31.5. The maximum absolute atomic E-state index is 5.96. The summed E-state index contributed by atoms with van der Waals surface area (Å²) in [5.41, 5.74) is 0. The molecular weight excluding hydrogens is 304 g/mol. The van der Waals surface area contributed by atoms with Gasteiger partial charge in [0.2, 0.25) is 0 Å². The van der Waals surface area contributed by atoms with E-state index in [2.05, 4.69) is 36.1 Å². The molecule has 92 valence electrons. The van der Waals surface area contributed by atoms with E-state index in [0.29, 0.717) is 11.2 Å². The van der Waals surface area contributed by atoms with Crippen LogP contribution >= 0.6 is 27.5 Å². The van der Waals surface area contributed by atoms with Gasteiger partial charge in [0.05, 0.1) is 4.47 Å². The van der Waals surface area contributed by atoms with Crippen molar-refractivity contribution in [2.45, 2.75) is 18.9 Å². The van der Waals surface area contributed by atoms with Gasteiger partial charge in [-0.05, 0) is 47.8 Å². The predicted octanol–water partition coefficient (Wildman–Crippen LogP) is 2.40. The first-order valence-electron chi connectivity index (χ1n) is 5.89. The molecule has 1 unspecified atom stereocenters. The molecule has 3 aliphatic rings. The number of halogens is 2. The van der Waals surface area contributed by atoms with Crippen LogP contribution < -0.4 is 5.32 Å². The van der Waals surface area contributed by atoms with Crippen molar-refractivity contribution in [1.29, 1.82) is 0 Å². The van der Waals surface area contributed by atoms with E-state index in [0.717, 1.165) is 22.8 Å². The van der Waals surface area contributed by atoms with Crippen molar-refractivity contribution < 1.29 is 0 Å². The molecule has 2 bridgehead atoms. The lowest BCUT2D eigenvalue weighted by Gasteiger charge is -2.45. The molecule has 3 saturated heterocycles. The second-order valence-corrected chi connectivity index (χ2v) is 5.87. The van der Waals surface area contributed by atoms with Crippen LogP contribution in [0.3, 0.4) is 0 Å². The molecule has 1 atom stereocenters. The van der Waals surface area contributed by atoms with Crippen molar-refractivity contribution >= 4 is 33.3 Å². The molecule has 6 heteroatoms. The molecule has 17 heavy (non-hydrogen) atoms. The van der Waals surface area contributed by atoms with E-state index < -0.39 is 0 Å². The largest absolute Gasteiger partial charge is 0.365 e. The lowest BCUT2D eigenvalue weighted by Crippen LogP contribution is -2.53. The standard InChI is InChI=1S/C11H14BrClN4/c12-9-10(13)14-6-15-11(9)16-8-5-17-3-1-7(8)2-4-17/h6-8H,1-5H2,(H,14,15,16). The van der Waals surface area contributed by atoms with Gasteiger partial charge in [-0.25, -0.2) is 9.97 Å². The van der Waals surface area contributed by atoms with Crippen LogP contribution in [-0.2, 0) is 0 Å². The minimum Gasteiger partial charge on any atom is -0.365 e. The van der Waals surface area contributed by atoms with Crippen LogP contribution in [0.25, 0.3) is 0 Å². The Kier molecular flexibility index (Phi) is 3.23. The fourth-order valence-electron chi connectivity index (χ4n) is 2.75. The second-order valence-electron chi connectivity index (χ2n) is 4.72. The van der Waals surface area contributed by atoms with Gasteiger partial charge in [0.25, 0.3) is 0 Å². The number of fused-ring (bicyclic) bond motifs is 3. The van der Waals surface area contributed by atoms with E-state index in [-0.39, 0.29) is 0 Å². The highest BCUT2D eigenvalue weighted by molar-refractivity contribution is 9.10. The molecule has 1 N–H and O–H groups in total. The highest BCUT2D eigenvalue weighted by Crippen LogP contribution is 2.32. The number of piperidine rings is 3. The van der Waals surface area contributed by atoms with E-state index in [1.807, 2.05) is 0 Å². The molecule has 1 aromatic rings. The van der Waals surface area contributed by atoms with Gasteiger partial charge in [0.15, 0.2) is 0 Å². The summed E-state index contributed by atoms with van der Waals surface area (Å²) in [6, 6.07) is 0.486. The van der Waals surface area contributed by atoms with Gasteiger partial charge in [-0.3, -0.25) is 0 Å². The molecule has 3 aliphatic heterocycles. The zero-order valence-corrected chi connectivity index (χ0v) is 11.7. The summed E-state index contributed by atoms with van der Waals surface area (Å²) >= 11 is 9.39. The highest BCUT2D eigenvalue weighted by atomic mass is 79.9. The lowest BCUT2D eigenvalue weighted by atomic mass is 9.84. The molecule has 0 amide bonds. The third-order valence-electron chi connectivity index (χ3n) is 3.73. The Balaban J connectivity index is 1.76. The summed E-state index contributed by atoms with van der Waals surface area (Å²) in [5, 5.41) is 3.96. The molecule has 0 radical (unpaired) electrons. The Bertz CT molecular complexity index is 420. The summed E-state index contributed by atoms with van der Waals surface area (Å²) in [5.74, 6) is 1.57. The van der Waals surface area contributed by atoms with E-state index in [1.54, 1.807) is 0 Å². The molecule has 4 nitrogen and oxygen atoms in total. The Morgan fingerprint density at radius 1 is 1.35 bits per heavy atom. The van der Waals surface area contributed by atoms with Crippen molar-refractivity contribution in [1.82, 2.24) is 14.9 Å². The molecule has 1 aromatic heterocycles. The van der Waals surface area contributed by atoms with E-state index in [9.17, 15) is 0 Å². The molecule has 0 spiro atoms. The zero-order valence-electron chi connectivity index (χ0n) is 9.37. The van der Waals surface area contributed by atoms with Gasteiger partial charge in [0.1, 0.15) is 17.3 Å². The van der Waals surface area contributed by atoms with Gasteiger partial charge in [0, 0.05) is 12.6 Å². The lowest BCUT2D eigenvalue weighted by molar-refractivity contribution is 0.0973. The third-order valence-corrected chi connectivity index (χ3v) is 4.99. The molecule has 0 aliphatic carbocycles. The summed E-state index contributed by atoms with van der Waals surface area (Å²) in [6.45, 7) is 3.60. The Labute approximate surface area is 114 Å². The van der Waals surface area contributed by atoms with E-state index in [4.69, 9.17) is 11.6 Å². The summed E-state index contributed by atoms with van der Waals surface area (Å²) in [6.07, 6.45) is 4.07. The van der Waals surface area contributed by atoms with Crippen LogP contribution in [0.15, 0.2) is 10.8 Å². The SMILES string of the molecule is Clc1ncnc(NC2CN3CCC2CC3)c1Br. The molecule has 4 heterocycles. The molecule has 0 saturated carbocycles. The number of aromatic nitrogens is 2. The Hall–Kier alpha value is -0.390. The number of rotatable bonds is 2. The van der Waals surface area contributed by atoms with Crippen LogP contribution in [0.1, 0.15) is 12.8 Å². The molecule has 3 fully saturated rings. The molecular formula is C11H14BrClN4. The second kappa shape index (κ2) is 4.71. The van der Waals surface area contributed by atoms with Gasteiger partial charge >= 0.3 is 0 Å². The van der Waals surface area contributed by atoms with Gasteiger partial charge in [-0.15, -0.1) is 0 Å². The first kappa shape index (κ1) is 11.7. The van der Waals surface area contributed by atoms with Crippen LogP contribution in [0.4, 0.5) is 5.82 Å². The van der Waals surface area contributed by atoms with E-state index >= 15 is 0 Å². The average molecular weight is 318 g/mol. The average Bonchev–Trinajstić information content (AvgIpc) is 2.36. The topological polar surface area (TPSA) is 41.1 Å². The fourth-order valence-corrected chi connectivity index (χ4v) is 3.21. The maximum Gasteiger partial charge on any atom is 0.148 e. The van der Waals surface area contributed by atoms with Gasteiger partial charge in [-0.2, -0.15) is 0 Å². The first-order chi connectivity index (χ1) is 8.24. The Morgan fingerprint density at radius 2 is 2.12 bits per heavy atom. The van der Waals surface area contributed by atoms with Gasteiger partial charge in [-0.1, -0.05) is 11.6 Å². The molecule has 0 aromatic carbocycles. The minimum atomic E-state index is 0.462. The van der Waals surface area contributed by atoms with Gasteiger partial charge < -0.3 is 10.2 Å². The van der Waals surface area contributed by atoms with Crippen molar-refractivity contribution in [3.05, 3.63) is 16.0 Å². The van der Waals surface area contributed by atoms with Crippen molar-refractivity contribution in [3.63, 3.8) is 0 Å². The first-order valence-corrected chi connectivity index (χ1v) is 7.06. The van der Waals surface area contributed by atoms with Crippen LogP contribution in [0, 0.1) is 5.92 Å². The fraction of sp³-hybridized carbons (Fsp3) is 0.636. The number of hydrogen-bond acceptors (Lipinski definition) is 4. The van der Waals surface area contributed by atoms with Crippen LogP contribution in [0.2, 0.25) is 5.15 Å².